The van der Waals surface area contributed by atoms with Gasteiger partial charge in [0.05, 0.1) is 5.92 Å². The molecule has 0 aliphatic carbocycles. The predicted octanol–water partition coefficient (Wildman–Crippen LogP) is 1.80. The Labute approximate surface area is 135 Å². The third kappa shape index (κ3) is 5.39. The predicted molar refractivity (Wildman–Crippen MR) is 86.0 cm³/mol. The molecule has 6 heteroatoms. The van der Waals surface area contributed by atoms with E-state index in [1.54, 1.807) is 0 Å². The maximum Gasteiger partial charge on any atom is 0.306 e. The molecule has 2 fully saturated rings. The number of nitrogens with zero attached hydrogens (tertiary/aromatic N) is 1. The number of anilines is 1. The van der Waals surface area contributed by atoms with E-state index in [1.807, 2.05) is 18.2 Å². The average Bonchev–Trinajstić information content (AvgIpc) is 2.56. The van der Waals surface area contributed by atoms with Crippen LogP contribution < -0.4 is 10.2 Å². The molecular weight excluding hydrogens is 296 g/mol. The van der Waals surface area contributed by atoms with Crippen LogP contribution in [0.25, 0.3) is 0 Å². The van der Waals surface area contributed by atoms with E-state index in [1.165, 1.54) is 5.69 Å². The van der Waals surface area contributed by atoms with E-state index in [9.17, 15) is 14.4 Å². The number of hydrogen-bond donors (Lipinski definition) is 2. The fourth-order valence-corrected chi connectivity index (χ4v) is 2.71. The van der Waals surface area contributed by atoms with E-state index in [4.69, 9.17) is 5.11 Å². The van der Waals surface area contributed by atoms with Crippen molar-refractivity contribution in [1.82, 2.24) is 5.32 Å². The van der Waals surface area contributed by atoms with Crippen molar-refractivity contribution >= 4 is 23.5 Å². The smallest absolute Gasteiger partial charge is 0.306 e. The number of amides is 2. The van der Waals surface area contributed by atoms with Gasteiger partial charge in [-0.15, -0.1) is 0 Å². The molecule has 0 spiro atoms. The van der Waals surface area contributed by atoms with Crippen molar-refractivity contribution in [2.24, 2.45) is 5.92 Å². The number of nitrogens with one attached hydrogen (secondary N) is 1. The third-order valence-corrected chi connectivity index (χ3v) is 4.05. The van der Waals surface area contributed by atoms with Crippen LogP contribution in [0.3, 0.4) is 0 Å². The number of rotatable bonds is 2. The minimum Gasteiger partial charge on any atom is -0.481 e. The van der Waals surface area contributed by atoms with E-state index in [-0.39, 0.29) is 17.7 Å². The number of carbonyl (C=O) groups is 3. The standard InChI is InChI=1S/C12H15NO2.C5H7NO2/c14-12(15)10-6-8-13(9-7-10)11-4-2-1-3-5-11;7-4-2-1-3-5(8)6-4/h1-5,10H,6-9H2,(H,14,15);1-3H2,(H,6,7,8). The van der Waals surface area contributed by atoms with Crippen LogP contribution in [0.5, 0.6) is 0 Å². The highest BCUT2D eigenvalue weighted by Gasteiger charge is 2.24. The summed E-state index contributed by atoms with van der Waals surface area (Å²) >= 11 is 0. The molecular formula is C17H22N2O4. The zero-order chi connectivity index (χ0) is 16.7. The molecule has 23 heavy (non-hydrogen) atoms. The van der Waals surface area contributed by atoms with Crippen LogP contribution in [-0.4, -0.2) is 36.0 Å². The first kappa shape index (κ1) is 17.0. The molecule has 0 saturated carbocycles. The SMILES string of the molecule is O=C(O)C1CCN(c2ccccc2)CC1.O=C1CCCC(=O)N1. The molecule has 2 heterocycles. The lowest BCUT2D eigenvalue weighted by molar-refractivity contribution is -0.142. The molecule has 124 valence electrons. The van der Waals surface area contributed by atoms with Crippen molar-refractivity contribution in [2.75, 3.05) is 18.0 Å². The second kappa shape index (κ2) is 8.31. The van der Waals surface area contributed by atoms with E-state index in [0.29, 0.717) is 19.3 Å². The Balaban J connectivity index is 0.000000203. The van der Waals surface area contributed by atoms with Gasteiger partial charge in [0.2, 0.25) is 11.8 Å². The molecule has 0 aromatic heterocycles. The normalized spacial score (nSPS) is 18.7. The highest BCUT2D eigenvalue weighted by molar-refractivity contribution is 5.97. The summed E-state index contributed by atoms with van der Waals surface area (Å²) in [4.78, 5) is 33.7. The highest BCUT2D eigenvalue weighted by atomic mass is 16.4. The van der Waals surface area contributed by atoms with Gasteiger partial charge < -0.3 is 10.0 Å². The Hall–Kier alpha value is -2.37. The van der Waals surface area contributed by atoms with Crippen molar-refractivity contribution in [3.63, 3.8) is 0 Å². The molecule has 2 N–H and O–H groups in total. The van der Waals surface area contributed by atoms with Gasteiger partial charge in [0.25, 0.3) is 0 Å². The minimum atomic E-state index is -0.650. The zero-order valence-electron chi connectivity index (χ0n) is 13.0. The number of para-hydroxylation sites is 1. The van der Waals surface area contributed by atoms with Gasteiger partial charge in [-0.2, -0.15) is 0 Å². The molecule has 2 amide bonds. The van der Waals surface area contributed by atoms with Crippen molar-refractivity contribution in [2.45, 2.75) is 32.1 Å². The second-order valence-corrected chi connectivity index (χ2v) is 5.76. The summed E-state index contributed by atoms with van der Waals surface area (Å²) in [5.74, 6) is -1.07. The van der Waals surface area contributed by atoms with E-state index < -0.39 is 5.97 Å². The van der Waals surface area contributed by atoms with E-state index in [0.717, 1.165) is 25.9 Å². The van der Waals surface area contributed by atoms with Crippen LogP contribution in [0, 0.1) is 5.92 Å². The van der Waals surface area contributed by atoms with Gasteiger partial charge in [-0.25, -0.2) is 0 Å². The topological polar surface area (TPSA) is 86.7 Å². The van der Waals surface area contributed by atoms with Gasteiger partial charge in [-0.05, 0) is 31.4 Å². The van der Waals surface area contributed by atoms with Gasteiger partial charge in [0.1, 0.15) is 0 Å². The molecule has 0 radical (unpaired) electrons. The van der Waals surface area contributed by atoms with Gasteiger partial charge in [-0.3, -0.25) is 19.7 Å². The molecule has 3 rings (SSSR count). The molecule has 2 aliphatic heterocycles. The monoisotopic (exact) mass is 318 g/mol. The number of aliphatic carboxylic acids is 1. The summed E-state index contributed by atoms with van der Waals surface area (Å²) in [6, 6.07) is 10.2. The second-order valence-electron chi connectivity index (χ2n) is 5.76. The van der Waals surface area contributed by atoms with Crippen LogP contribution in [-0.2, 0) is 14.4 Å². The van der Waals surface area contributed by atoms with Crippen LogP contribution in [0.2, 0.25) is 0 Å². The summed E-state index contributed by atoms with van der Waals surface area (Å²) in [6.45, 7) is 1.70. The average molecular weight is 318 g/mol. The van der Waals surface area contributed by atoms with Crippen LogP contribution in [0.4, 0.5) is 5.69 Å². The summed E-state index contributed by atoms with van der Waals surface area (Å²) < 4.78 is 0. The number of carboxylic acid groups (broad SMARTS) is 1. The number of carbonyl (C=O) groups excluding carboxylic acids is 2. The minimum absolute atomic E-state index is 0.138. The first-order valence-corrected chi connectivity index (χ1v) is 7.92. The molecule has 0 atom stereocenters. The Morgan fingerprint density at radius 1 is 1.04 bits per heavy atom. The molecule has 6 nitrogen and oxygen atoms in total. The molecule has 2 aliphatic rings. The maximum atomic E-state index is 10.8. The fraction of sp³-hybridized carbons (Fsp3) is 0.471. The Morgan fingerprint density at radius 2 is 1.61 bits per heavy atom. The van der Waals surface area contributed by atoms with Crippen molar-refractivity contribution < 1.29 is 19.5 Å². The molecule has 2 saturated heterocycles. The molecule has 0 bridgehead atoms. The first-order valence-electron chi connectivity index (χ1n) is 7.92. The van der Waals surface area contributed by atoms with E-state index in [2.05, 4.69) is 22.3 Å². The zero-order valence-corrected chi connectivity index (χ0v) is 13.0. The number of piperidine rings is 2. The Morgan fingerprint density at radius 3 is 2.04 bits per heavy atom. The molecule has 1 aromatic rings. The van der Waals surface area contributed by atoms with Gasteiger partial charge in [-0.1, -0.05) is 18.2 Å². The largest absolute Gasteiger partial charge is 0.481 e. The maximum absolute atomic E-state index is 10.8. The number of benzene rings is 1. The summed E-state index contributed by atoms with van der Waals surface area (Å²) in [7, 11) is 0. The Bertz CT molecular complexity index is 537. The summed E-state index contributed by atoms with van der Waals surface area (Å²) in [6.07, 6.45) is 3.23. The summed E-state index contributed by atoms with van der Waals surface area (Å²) in [5.41, 5.74) is 1.20. The van der Waals surface area contributed by atoms with Crippen molar-refractivity contribution in [3.8, 4) is 0 Å². The lowest BCUT2D eigenvalue weighted by Gasteiger charge is -2.31. The fourth-order valence-electron chi connectivity index (χ4n) is 2.71. The lowest BCUT2D eigenvalue weighted by Crippen LogP contribution is -2.36. The van der Waals surface area contributed by atoms with Crippen molar-refractivity contribution in [3.05, 3.63) is 30.3 Å². The summed E-state index contributed by atoms with van der Waals surface area (Å²) in [5, 5.41) is 11.1. The quantitative estimate of drug-likeness (QED) is 0.812. The van der Waals surface area contributed by atoms with Crippen LogP contribution in [0.15, 0.2) is 30.3 Å². The highest BCUT2D eigenvalue weighted by Crippen LogP contribution is 2.22. The van der Waals surface area contributed by atoms with Gasteiger partial charge in [0, 0.05) is 31.6 Å². The third-order valence-electron chi connectivity index (χ3n) is 4.05. The van der Waals surface area contributed by atoms with E-state index >= 15 is 0 Å². The number of carboxylic acids is 1. The first-order chi connectivity index (χ1) is 11.1. The van der Waals surface area contributed by atoms with Crippen LogP contribution in [0.1, 0.15) is 32.1 Å². The number of hydrogen-bond acceptors (Lipinski definition) is 4. The molecule has 0 unspecified atom stereocenters. The van der Waals surface area contributed by atoms with Crippen LogP contribution >= 0.6 is 0 Å². The number of imide groups is 1. The van der Waals surface area contributed by atoms with Crippen molar-refractivity contribution in [1.29, 1.82) is 0 Å². The lowest BCUT2D eigenvalue weighted by atomic mass is 9.97. The van der Waals surface area contributed by atoms with Gasteiger partial charge in [0.15, 0.2) is 0 Å². The van der Waals surface area contributed by atoms with Gasteiger partial charge >= 0.3 is 5.97 Å². The Kier molecular flexibility index (Phi) is 6.14. The molecule has 1 aromatic carbocycles.